The van der Waals surface area contributed by atoms with Crippen LogP contribution < -0.4 is 10.2 Å². The zero-order chi connectivity index (χ0) is 24.9. The molecule has 180 valence electrons. The molecule has 0 saturated carbocycles. The van der Waals surface area contributed by atoms with Crippen molar-refractivity contribution in [3.05, 3.63) is 109 Å². The van der Waals surface area contributed by atoms with Crippen LogP contribution in [0.5, 0.6) is 0 Å². The van der Waals surface area contributed by atoms with E-state index in [1.807, 2.05) is 103 Å². The summed E-state index contributed by atoms with van der Waals surface area (Å²) in [4.78, 5) is 31.5. The molecule has 36 heavy (non-hydrogen) atoms. The highest BCUT2D eigenvalue weighted by Gasteiger charge is 2.32. The molecule has 1 N–H and O–H groups in total. The molecule has 1 heterocycles. The van der Waals surface area contributed by atoms with E-state index in [0.29, 0.717) is 12.8 Å². The average molecular weight is 511 g/mol. The molecule has 0 spiro atoms. The Hall–Kier alpha value is -3.48. The van der Waals surface area contributed by atoms with Gasteiger partial charge in [-0.1, -0.05) is 79.3 Å². The average Bonchev–Trinajstić information content (AvgIpc) is 2.90. The first-order valence-corrected chi connectivity index (χ1v) is 13.6. The van der Waals surface area contributed by atoms with Crippen LogP contribution in [0.1, 0.15) is 18.9 Å². The first kappa shape index (κ1) is 24.2. The molecule has 0 aliphatic carbocycles. The van der Waals surface area contributed by atoms with Crippen molar-refractivity contribution < 1.29 is 9.59 Å². The number of benzene rings is 4. The zero-order valence-electron chi connectivity index (χ0n) is 19.9. The lowest BCUT2D eigenvalue weighted by Crippen LogP contribution is -2.35. The number of hydrogen-bond donors (Lipinski definition) is 1. The van der Waals surface area contributed by atoms with E-state index in [1.54, 1.807) is 11.8 Å². The Balaban J connectivity index is 1.34. The predicted molar refractivity (Wildman–Crippen MR) is 149 cm³/mol. The number of anilines is 3. The third kappa shape index (κ3) is 5.35. The van der Waals surface area contributed by atoms with Gasteiger partial charge in [0.15, 0.2) is 0 Å². The SMILES string of the molecule is CCC(Sc1cccc(NC(=O)Cc2ccccc2)c1)C(=O)N1c2ccccc2Sc2ccccc21. The molecule has 6 heteroatoms. The van der Waals surface area contributed by atoms with Crippen molar-refractivity contribution in [3.8, 4) is 0 Å². The van der Waals surface area contributed by atoms with Gasteiger partial charge in [0, 0.05) is 20.4 Å². The summed E-state index contributed by atoms with van der Waals surface area (Å²) in [6.45, 7) is 2.04. The summed E-state index contributed by atoms with van der Waals surface area (Å²) in [7, 11) is 0. The van der Waals surface area contributed by atoms with Gasteiger partial charge in [0.1, 0.15) is 0 Å². The minimum Gasteiger partial charge on any atom is -0.326 e. The summed E-state index contributed by atoms with van der Waals surface area (Å²) in [6.07, 6.45) is 1.00. The topological polar surface area (TPSA) is 49.4 Å². The number of nitrogens with zero attached hydrogens (tertiary/aromatic N) is 1. The second kappa shape index (κ2) is 11.1. The first-order valence-electron chi connectivity index (χ1n) is 11.9. The standard InChI is InChI=1S/C30H26N2O2S2/c1-2-26(30(34)32-24-15-6-8-17-27(24)36-28-18-9-7-16-25(28)32)35-23-14-10-13-22(20-23)31-29(33)19-21-11-4-3-5-12-21/h3-18,20,26H,2,19H2,1H3,(H,31,33). The normalized spacial score (nSPS) is 12.9. The number of carbonyl (C=O) groups is 2. The van der Waals surface area contributed by atoms with Gasteiger partial charge in [0.25, 0.3) is 0 Å². The van der Waals surface area contributed by atoms with Crippen molar-refractivity contribution in [2.24, 2.45) is 0 Å². The van der Waals surface area contributed by atoms with Crippen LogP contribution in [0.3, 0.4) is 0 Å². The first-order chi connectivity index (χ1) is 17.6. The van der Waals surface area contributed by atoms with Crippen LogP contribution in [0.2, 0.25) is 0 Å². The Kier molecular flexibility index (Phi) is 7.44. The van der Waals surface area contributed by atoms with Crippen molar-refractivity contribution in [1.29, 1.82) is 0 Å². The fourth-order valence-corrected chi connectivity index (χ4v) is 6.30. The number of fused-ring (bicyclic) bond motifs is 2. The van der Waals surface area contributed by atoms with Crippen molar-refractivity contribution in [2.75, 3.05) is 10.2 Å². The maximum absolute atomic E-state index is 14.0. The number of carbonyl (C=O) groups excluding carboxylic acids is 2. The van der Waals surface area contributed by atoms with Gasteiger partial charge in [0.05, 0.1) is 23.0 Å². The van der Waals surface area contributed by atoms with Crippen molar-refractivity contribution in [1.82, 2.24) is 0 Å². The van der Waals surface area contributed by atoms with Crippen LogP contribution in [-0.4, -0.2) is 17.1 Å². The summed E-state index contributed by atoms with van der Waals surface area (Å²) in [5.74, 6) is -0.00767. The van der Waals surface area contributed by atoms with Gasteiger partial charge in [-0.15, -0.1) is 11.8 Å². The number of para-hydroxylation sites is 2. The highest BCUT2D eigenvalue weighted by molar-refractivity contribution is 8.00. The van der Waals surface area contributed by atoms with E-state index in [2.05, 4.69) is 17.4 Å². The van der Waals surface area contributed by atoms with Gasteiger partial charge in [0.2, 0.25) is 11.8 Å². The van der Waals surface area contributed by atoms with Gasteiger partial charge < -0.3 is 5.32 Å². The van der Waals surface area contributed by atoms with E-state index in [4.69, 9.17) is 0 Å². The fraction of sp³-hybridized carbons (Fsp3) is 0.133. The molecule has 0 saturated heterocycles. The minimum absolute atomic E-state index is 0.0567. The monoisotopic (exact) mass is 510 g/mol. The molecular formula is C30H26N2O2S2. The summed E-state index contributed by atoms with van der Waals surface area (Å²) in [5, 5.41) is 2.72. The molecule has 0 radical (unpaired) electrons. The molecule has 1 aliphatic rings. The smallest absolute Gasteiger partial charge is 0.245 e. The zero-order valence-corrected chi connectivity index (χ0v) is 21.5. The lowest BCUT2D eigenvalue weighted by molar-refractivity contribution is -0.117. The molecule has 0 fully saturated rings. The second-order valence-corrected chi connectivity index (χ2v) is 10.8. The number of hydrogen-bond acceptors (Lipinski definition) is 4. The highest BCUT2D eigenvalue weighted by atomic mass is 32.2. The van der Waals surface area contributed by atoms with Crippen molar-refractivity contribution in [2.45, 2.75) is 39.7 Å². The molecule has 2 amide bonds. The summed E-state index contributed by atoms with van der Waals surface area (Å²) >= 11 is 3.23. The van der Waals surface area contributed by atoms with E-state index in [1.165, 1.54) is 11.8 Å². The van der Waals surface area contributed by atoms with Crippen LogP contribution in [0.4, 0.5) is 17.1 Å². The van der Waals surface area contributed by atoms with Gasteiger partial charge in [-0.3, -0.25) is 14.5 Å². The molecule has 4 nitrogen and oxygen atoms in total. The fourth-order valence-electron chi connectivity index (χ4n) is 4.19. The Morgan fingerprint density at radius 3 is 2.14 bits per heavy atom. The van der Waals surface area contributed by atoms with Crippen LogP contribution in [0, 0.1) is 0 Å². The van der Waals surface area contributed by atoms with E-state index in [0.717, 1.165) is 37.3 Å². The summed E-state index contributed by atoms with van der Waals surface area (Å²) in [5.41, 5.74) is 3.55. The Bertz CT molecular complexity index is 1350. The third-order valence-corrected chi connectivity index (χ3v) is 8.38. The Morgan fingerprint density at radius 2 is 1.47 bits per heavy atom. The van der Waals surface area contributed by atoms with Crippen molar-refractivity contribution >= 4 is 52.4 Å². The maximum Gasteiger partial charge on any atom is 0.245 e. The Labute approximate surface area is 220 Å². The number of rotatable bonds is 7. The van der Waals surface area contributed by atoms with Crippen molar-refractivity contribution in [3.63, 3.8) is 0 Å². The lowest BCUT2D eigenvalue weighted by atomic mass is 10.1. The molecule has 0 aromatic heterocycles. The minimum atomic E-state index is -0.274. The number of thioether (sulfide) groups is 1. The van der Waals surface area contributed by atoms with Gasteiger partial charge in [-0.25, -0.2) is 0 Å². The molecule has 1 unspecified atom stereocenters. The molecule has 5 rings (SSSR count). The van der Waals surface area contributed by atoms with Gasteiger partial charge in [-0.2, -0.15) is 0 Å². The maximum atomic E-state index is 14.0. The van der Waals surface area contributed by atoms with E-state index >= 15 is 0 Å². The molecule has 0 bridgehead atoms. The van der Waals surface area contributed by atoms with E-state index < -0.39 is 0 Å². The van der Waals surface area contributed by atoms with Gasteiger partial charge in [-0.05, 0) is 54.4 Å². The summed E-state index contributed by atoms with van der Waals surface area (Å²) < 4.78 is 0. The Morgan fingerprint density at radius 1 is 0.833 bits per heavy atom. The number of nitrogens with one attached hydrogen (secondary N) is 1. The van der Waals surface area contributed by atoms with Crippen LogP contribution >= 0.6 is 23.5 Å². The largest absolute Gasteiger partial charge is 0.326 e. The highest BCUT2D eigenvalue weighted by Crippen LogP contribution is 2.48. The summed E-state index contributed by atoms with van der Waals surface area (Å²) in [6, 6.07) is 33.5. The lowest BCUT2D eigenvalue weighted by Gasteiger charge is -2.33. The predicted octanol–water partition coefficient (Wildman–Crippen LogP) is 7.57. The molecule has 1 aliphatic heterocycles. The van der Waals surface area contributed by atoms with Crippen LogP contribution in [-0.2, 0) is 16.0 Å². The molecular weight excluding hydrogens is 484 g/mol. The molecule has 1 atom stereocenters. The molecule has 4 aromatic carbocycles. The van der Waals surface area contributed by atoms with Gasteiger partial charge >= 0.3 is 0 Å². The third-order valence-electron chi connectivity index (χ3n) is 5.90. The second-order valence-electron chi connectivity index (χ2n) is 8.46. The van der Waals surface area contributed by atoms with E-state index in [-0.39, 0.29) is 17.1 Å². The van der Waals surface area contributed by atoms with Crippen LogP contribution in [0.25, 0.3) is 0 Å². The molecule has 4 aromatic rings. The number of amides is 2. The quantitative estimate of drug-likeness (QED) is 0.261. The van der Waals surface area contributed by atoms with Crippen LogP contribution in [0.15, 0.2) is 118 Å². The van der Waals surface area contributed by atoms with E-state index in [9.17, 15) is 9.59 Å².